The summed E-state index contributed by atoms with van der Waals surface area (Å²) >= 11 is 1.27. The van der Waals surface area contributed by atoms with Crippen LogP contribution in [0.25, 0.3) is 15.9 Å². The molecule has 2 N–H and O–H groups in total. The van der Waals surface area contributed by atoms with Gasteiger partial charge in [0.15, 0.2) is 0 Å². The van der Waals surface area contributed by atoms with Gasteiger partial charge in [0.25, 0.3) is 5.56 Å². The predicted molar refractivity (Wildman–Crippen MR) is 110 cm³/mol. The molecule has 0 bridgehead atoms. The Kier molecular flexibility index (Phi) is 4.62. The molecule has 0 fully saturated rings. The van der Waals surface area contributed by atoms with Crippen LogP contribution in [0, 0.1) is 6.92 Å². The normalized spacial score (nSPS) is 13.5. The smallest absolute Gasteiger partial charge is 0.337 e. The number of carbonyl (C=O) groups is 2. The van der Waals surface area contributed by atoms with Gasteiger partial charge in [0.2, 0.25) is 11.8 Å². The first-order valence-corrected chi connectivity index (χ1v) is 10.0. The van der Waals surface area contributed by atoms with Crippen molar-refractivity contribution in [1.29, 1.82) is 0 Å². The van der Waals surface area contributed by atoms with Crippen molar-refractivity contribution in [2.45, 2.75) is 33.4 Å². The largest absolute Gasteiger partial charge is 0.368 e. The van der Waals surface area contributed by atoms with Crippen molar-refractivity contribution in [3.63, 3.8) is 0 Å². The van der Waals surface area contributed by atoms with Crippen LogP contribution in [0.3, 0.4) is 0 Å². The molecule has 29 heavy (non-hydrogen) atoms. The van der Waals surface area contributed by atoms with Crippen LogP contribution >= 0.6 is 11.3 Å². The summed E-state index contributed by atoms with van der Waals surface area (Å²) in [6.45, 7) is 3.99. The van der Waals surface area contributed by atoms with Gasteiger partial charge in [0.1, 0.15) is 11.4 Å². The lowest BCUT2D eigenvalue weighted by molar-refractivity contribution is -0.129. The minimum atomic E-state index is -0.667. The van der Waals surface area contributed by atoms with E-state index < -0.39 is 17.2 Å². The molecule has 4 rings (SSSR count). The van der Waals surface area contributed by atoms with Gasteiger partial charge in [0, 0.05) is 18.3 Å². The van der Waals surface area contributed by atoms with Crippen molar-refractivity contribution < 1.29 is 9.59 Å². The van der Waals surface area contributed by atoms with Crippen molar-refractivity contribution in [3.8, 4) is 5.69 Å². The fourth-order valence-electron chi connectivity index (χ4n) is 3.69. The molecule has 1 aliphatic rings. The second kappa shape index (κ2) is 7.00. The number of hydrogen-bond donors (Lipinski definition) is 1. The van der Waals surface area contributed by atoms with Crippen molar-refractivity contribution in [3.05, 3.63) is 61.1 Å². The number of aromatic nitrogens is 2. The third kappa shape index (κ3) is 3.17. The molecule has 3 heterocycles. The second-order valence-corrected chi connectivity index (χ2v) is 8.27. The van der Waals surface area contributed by atoms with Crippen LogP contribution in [-0.4, -0.2) is 32.4 Å². The van der Waals surface area contributed by atoms with Gasteiger partial charge < -0.3 is 10.6 Å². The Morgan fingerprint density at radius 3 is 2.48 bits per heavy atom. The zero-order valence-electron chi connectivity index (χ0n) is 16.1. The minimum Gasteiger partial charge on any atom is -0.368 e. The SMILES string of the molecule is CC(=O)N1CCc2c(sc3c2c(=O)n(-c2ccc(C)cc2)c(=O)n3CC(N)=O)C1. The number of primary amides is 1. The summed E-state index contributed by atoms with van der Waals surface area (Å²) in [4.78, 5) is 53.0. The van der Waals surface area contributed by atoms with E-state index in [9.17, 15) is 19.2 Å². The van der Waals surface area contributed by atoms with E-state index in [1.54, 1.807) is 17.0 Å². The number of thiophene rings is 1. The van der Waals surface area contributed by atoms with Gasteiger partial charge in [-0.2, -0.15) is 0 Å². The van der Waals surface area contributed by atoms with Gasteiger partial charge in [0.05, 0.1) is 17.6 Å². The van der Waals surface area contributed by atoms with Crippen molar-refractivity contribution >= 4 is 33.4 Å². The molecule has 0 atom stereocenters. The van der Waals surface area contributed by atoms with Crippen LogP contribution in [-0.2, 0) is 29.1 Å². The topological polar surface area (TPSA) is 107 Å². The fourth-order valence-corrected chi connectivity index (χ4v) is 5.04. The number of fused-ring (bicyclic) bond motifs is 3. The lowest BCUT2D eigenvalue weighted by atomic mass is 10.1. The number of benzene rings is 1. The van der Waals surface area contributed by atoms with Crippen molar-refractivity contribution in [2.75, 3.05) is 6.54 Å². The summed E-state index contributed by atoms with van der Waals surface area (Å²) in [5.74, 6) is -0.709. The number of hydrogen-bond acceptors (Lipinski definition) is 5. The zero-order chi connectivity index (χ0) is 20.9. The van der Waals surface area contributed by atoms with Crippen LogP contribution < -0.4 is 17.0 Å². The number of rotatable bonds is 3. The highest BCUT2D eigenvalue weighted by atomic mass is 32.1. The maximum absolute atomic E-state index is 13.4. The maximum atomic E-state index is 13.4. The number of amides is 2. The number of nitrogens with two attached hydrogens (primary N) is 1. The first-order valence-electron chi connectivity index (χ1n) is 9.19. The predicted octanol–water partition coefficient (Wildman–Crippen LogP) is 0.912. The molecule has 0 radical (unpaired) electrons. The lowest BCUT2D eigenvalue weighted by Crippen LogP contribution is -2.41. The second-order valence-electron chi connectivity index (χ2n) is 7.19. The first-order chi connectivity index (χ1) is 13.8. The Morgan fingerprint density at radius 2 is 1.86 bits per heavy atom. The molecular formula is C20H20N4O4S. The molecule has 1 aromatic carbocycles. The Labute approximate surface area is 169 Å². The number of nitrogens with zero attached hydrogens (tertiary/aromatic N) is 3. The summed E-state index contributed by atoms with van der Waals surface area (Å²) in [7, 11) is 0. The van der Waals surface area contributed by atoms with E-state index in [0.717, 1.165) is 20.6 Å². The number of carbonyl (C=O) groups excluding carboxylic acids is 2. The Hall–Kier alpha value is -3.20. The molecule has 0 saturated heterocycles. The van der Waals surface area contributed by atoms with E-state index in [2.05, 4.69) is 0 Å². The average molecular weight is 412 g/mol. The Bertz CT molecular complexity index is 1270. The summed E-state index contributed by atoms with van der Waals surface area (Å²) in [6, 6.07) is 7.04. The molecule has 0 aliphatic carbocycles. The third-order valence-corrected chi connectivity index (χ3v) is 6.41. The molecule has 8 nitrogen and oxygen atoms in total. The Morgan fingerprint density at radius 1 is 1.17 bits per heavy atom. The average Bonchev–Trinajstić information content (AvgIpc) is 3.05. The van der Waals surface area contributed by atoms with E-state index in [1.165, 1.54) is 22.8 Å². The van der Waals surface area contributed by atoms with Gasteiger partial charge in [-0.3, -0.25) is 19.0 Å². The van der Waals surface area contributed by atoms with Crippen LogP contribution in [0.1, 0.15) is 22.9 Å². The fraction of sp³-hybridized carbons (Fsp3) is 0.300. The van der Waals surface area contributed by atoms with Crippen LogP contribution in [0.2, 0.25) is 0 Å². The van der Waals surface area contributed by atoms with Gasteiger partial charge >= 0.3 is 5.69 Å². The van der Waals surface area contributed by atoms with E-state index in [4.69, 9.17) is 5.73 Å². The van der Waals surface area contributed by atoms with Crippen LogP contribution in [0.15, 0.2) is 33.9 Å². The molecule has 1 aliphatic heterocycles. The minimum absolute atomic E-state index is 0.0419. The van der Waals surface area contributed by atoms with E-state index >= 15 is 0 Å². The van der Waals surface area contributed by atoms with Gasteiger partial charge in [-0.1, -0.05) is 17.7 Å². The van der Waals surface area contributed by atoms with Crippen molar-refractivity contribution in [1.82, 2.24) is 14.0 Å². The summed E-state index contributed by atoms with van der Waals surface area (Å²) < 4.78 is 2.36. The van der Waals surface area contributed by atoms with Gasteiger partial charge in [-0.25, -0.2) is 9.36 Å². The highest BCUT2D eigenvalue weighted by molar-refractivity contribution is 7.18. The number of aryl methyl sites for hydroxylation is 1. The van der Waals surface area contributed by atoms with E-state index in [-0.39, 0.29) is 12.5 Å². The highest BCUT2D eigenvalue weighted by Crippen LogP contribution is 2.33. The maximum Gasteiger partial charge on any atom is 0.337 e. The molecule has 0 saturated carbocycles. The highest BCUT2D eigenvalue weighted by Gasteiger charge is 2.27. The molecule has 150 valence electrons. The molecular weight excluding hydrogens is 392 g/mol. The first kappa shape index (κ1) is 19.1. The van der Waals surface area contributed by atoms with Crippen LogP contribution in [0.4, 0.5) is 0 Å². The Balaban J connectivity index is 2.04. The quantitative estimate of drug-likeness (QED) is 0.690. The molecule has 2 amide bonds. The van der Waals surface area contributed by atoms with Crippen molar-refractivity contribution in [2.24, 2.45) is 5.73 Å². The van der Waals surface area contributed by atoms with Crippen LogP contribution in [0.5, 0.6) is 0 Å². The van der Waals surface area contributed by atoms with E-state index in [1.807, 2.05) is 19.1 Å². The lowest BCUT2D eigenvalue weighted by Gasteiger charge is -2.25. The van der Waals surface area contributed by atoms with Gasteiger partial charge in [-0.05, 0) is 31.0 Å². The van der Waals surface area contributed by atoms with E-state index in [0.29, 0.717) is 35.4 Å². The summed E-state index contributed by atoms with van der Waals surface area (Å²) in [6.07, 6.45) is 0.521. The zero-order valence-corrected chi connectivity index (χ0v) is 16.9. The third-order valence-electron chi connectivity index (χ3n) is 5.17. The monoisotopic (exact) mass is 412 g/mol. The molecule has 0 spiro atoms. The molecule has 2 aromatic heterocycles. The molecule has 9 heteroatoms. The molecule has 0 unspecified atom stereocenters. The summed E-state index contributed by atoms with van der Waals surface area (Å²) in [5, 5.41) is 0.426. The van der Waals surface area contributed by atoms with Gasteiger partial charge in [-0.15, -0.1) is 11.3 Å². The molecule has 3 aromatic rings. The standard InChI is InChI=1S/C20H20N4O4S/c1-11-3-5-13(6-4-11)24-18(27)17-14-7-8-22(12(2)25)9-15(14)29-19(17)23(20(24)28)10-16(21)26/h3-6H,7-10H2,1-2H3,(H2,21,26). The summed E-state index contributed by atoms with van der Waals surface area (Å²) in [5.41, 5.74) is 6.64.